The third-order valence-corrected chi connectivity index (χ3v) is 4.24. The number of benzene rings is 3. The van der Waals surface area contributed by atoms with Crippen LogP contribution in [0, 0.1) is 10.1 Å². The molecule has 0 fully saturated rings. The zero-order chi connectivity index (χ0) is 19.9. The van der Waals surface area contributed by atoms with Gasteiger partial charge in [-0.2, -0.15) is 0 Å². The van der Waals surface area contributed by atoms with Gasteiger partial charge < -0.3 is 4.90 Å². The predicted octanol–water partition coefficient (Wildman–Crippen LogP) is 5.58. The van der Waals surface area contributed by atoms with Gasteiger partial charge in [0.2, 0.25) is 0 Å². The number of anilines is 1. The second-order valence-corrected chi connectivity index (χ2v) is 6.52. The van der Waals surface area contributed by atoms with Crippen molar-refractivity contribution in [1.82, 2.24) is 0 Å². The van der Waals surface area contributed by atoms with Crippen LogP contribution >= 0.6 is 0 Å². The van der Waals surface area contributed by atoms with Crippen LogP contribution in [-0.4, -0.2) is 25.2 Å². The molecular formula is C23H21N3O2. The van der Waals surface area contributed by atoms with E-state index in [1.54, 1.807) is 12.1 Å². The van der Waals surface area contributed by atoms with Crippen LogP contribution in [0.15, 0.2) is 77.8 Å². The summed E-state index contributed by atoms with van der Waals surface area (Å²) in [5.74, 6) is 0. The predicted molar refractivity (Wildman–Crippen MR) is 116 cm³/mol. The number of nitro benzene ring substituents is 1. The van der Waals surface area contributed by atoms with Crippen molar-refractivity contribution >= 4 is 35.4 Å². The van der Waals surface area contributed by atoms with Crippen LogP contribution in [0.5, 0.6) is 0 Å². The Bertz CT molecular complexity index is 988. The molecule has 0 heterocycles. The Morgan fingerprint density at radius 3 is 1.79 bits per heavy atom. The summed E-state index contributed by atoms with van der Waals surface area (Å²) in [5.41, 5.74) is 5.12. The third-order valence-electron chi connectivity index (χ3n) is 4.24. The van der Waals surface area contributed by atoms with Crippen molar-refractivity contribution in [3.63, 3.8) is 0 Å². The van der Waals surface area contributed by atoms with E-state index in [0.29, 0.717) is 0 Å². The Kier molecular flexibility index (Phi) is 5.97. The average Bonchev–Trinajstić information content (AvgIpc) is 2.72. The summed E-state index contributed by atoms with van der Waals surface area (Å²) < 4.78 is 0. The van der Waals surface area contributed by atoms with Crippen LogP contribution in [0.2, 0.25) is 0 Å². The highest BCUT2D eigenvalue weighted by Gasteiger charge is 2.02. The molecule has 0 aliphatic heterocycles. The maximum atomic E-state index is 10.7. The monoisotopic (exact) mass is 371 g/mol. The van der Waals surface area contributed by atoms with Gasteiger partial charge in [-0.15, -0.1) is 0 Å². The maximum absolute atomic E-state index is 10.7. The van der Waals surface area contributed by atoms with Crippen molar-refractivity contribution in [1.29, 1.82) is 0 Å². The maximum Gasteiger partial charge on any atom is 0.269 e. The van der Waals surface area contributed by atoms with Crippen molar-refractivity contribution < 1.29 is 4.92 Å². The van der Waals surface area contributed by atoms with Crippen molar-refractivity contribution in [2.75, 3.05) is 19.0 Å². The van der Waals surface area contributed by atoms with Crippen LogP contribution in [0.1, 0.15) is 16.7 Å². The molecule has 28 heavy (non-hydrogen) atoms. The first kappa shape index (κ1) is 19.0. The fourth-order valence-corrected chi connectivity index (χ4v) is 2.58. The van der Waals surface area contributed by atoms with Gasteiger partial charge in [-0.3, -0.25) is 15.1 Å². The molecule has 0 radical (unpaired) electrons. The number of non-ortho nitro benzene ring substituents is 1. The summed E-state index contributed by atoms with van der Waals surface area (Å²) in [5, 5.41) is 10.7. The molecule has 0 amide bonds. The van der Waals surface area contributed by atoms with Crippen LogP contribution in [-0.2, 0) is 0 Å². The minimum absolute atomic E-state index is 0.0933. The normalized spacial score (nSPS) is 11.2. The fourth-order valence-electron chi connectivity index (χ4n) is 2.58. The molecule has 0 unspecified atom stereocenters. The average molecular weight is 371 g/mol. The number of aliphatic imine (C=N–C) groups is 1. The summed E-state index contributed by atoms with van der Waals surface area (Å²) in [6, 6.07) is 22.6. The quantitative estimate of drug-likeness (QED) is 0.246. The Morgan fingerprint density at radius 1 is 0.786 bits per heavy atom. The van der Waals surface area contributed by atoms with Crippen molar-refractivity contribution in [2.45, 2.75) is 0 Å². The van der Waals surface area contributed by atoms with Gasteiger partial charge in [-0.1, -0.05) is 36.4 Å². The number of rotatable bonds is 6. The Morgan fingerprint density at radius 2 is 1.29 bits per heavy atom. The summed E-state index contributed by atoms with van der Waals surface area (Å²) >= 11 is 0. The topological polar surface area (TPSA) is 58.7 Å². The van der Waals surface area contributed by atoms with Crippen molar-refractivity contribution in [3.05, 3.63) is 99.6 Å². The lowest BCUT2D eigenvalue weighted by Gasteiger charge is -2.11. The highest BCUT2D eigenvalue weighted by atomic mass is 16.6. The zero-order valence-electron chi connectivity index (χ0n) is 15.8. The SMILES string of the molecule is CN(C)c1ccc(/C=N/c2ccc(/C=C/c3ccc([N+](=O)[O-])cc3)cc2)cc1. The Balaban J connectivity index is 1.63. The molecule has 0 aromatic heterocycles. The number of nitrogens with zero attached hydrogens (tertiary/aromatic N) is 3. The van der Waals surface area contributed by atoms with E-state index < -0.39 is 4.92 Å². The number of hydrogen-bond donors (Lipinski definition) is 0. The third kappa shape index (κ3) is 5.14. The molecule has 0 atom stereocenters. The lowest BCUT2D eigenvalue weighted by atomic mass is 10.1. The minimum Gasteiger partial charge on any atom is -0.378 e. The zero-order valence-corrected chi connectivity index (χ0v) is 15.8. The summed E-state index contributed by atoms with van der Waals surface area (Å²) in [6.45, 7) is 0. The summed E-state index contributed by atoms with van der Waals surface area (Å²) in [4.78, 5) is 16.9. The molecule has 140 valence electrons. The molecule has 0 saturated heterocycles. The first-order valence-corrected chi connectivity index (χ1v) is 8.85. The first-order valence-electron chi connectivity index (χ1n) is 8.85. The van der Waals surface area contributed by atoms with Gasteiger partial charge in [0.05, 0.1) is 10.6 Å². The van der Waals surface area contributed by atoms with Crippen LogP contribution in [0.4, 0.5) is 17.1 Å². The molecule has 0 aliphatic carbocycles. The van der Waals surface area contributed by atoms with Crippen molar-refractivity contribution in [2.24, 2.45) is 4.99 Å². The molecule has 0 aliphatic rings. The molecule has 0 bridgehead atoms. The van der Waals surface area contributed by atoms with Crippen LogP contribution in [0.25, 0.3) is 12.2 Å². The van der Waals surface area contributed by atoms with Gasteiger partial charge in [0, 0.05) is 38.1 Å². The molecule has 0 saturated carbocycles. The van der Waals surface area contributed by atoms with Crippen molar-refractivity contribution in [3.8, 4) is 0 Å². The smallest absolute Gasteiger partial charge is 0.269 e. The molecule has 5 heteroatoms. The van der Waals surface area contributed by atoms with E-state index in [4.69, 9.17) is 0 Å². The molecule has 5 nitrogen and oxygen atoms in total. The van der Waals surface area contributed by atoms with E-state index >= 15 is 0 Å². The van der Waals surface area contributed by atoms with Gasteiger partial charge in [0.15, 0.2) is 0 Å². The van der Waals surface area contributed by atoms with Gasteiger partial charge in [-0.25, -0.2) is 0 Å². The van der Waals surface area contributed by atoms with E-state index in [0.717, 1.165) is 28.1 Å². The highest BCUT2D eigenvalue weighted by molar-refractivity contribution is 5.82. The van der Waals surface area contributed by atoms with E-state index in [1.807, 2.05) is 68.9 Å². The standard InChI is InChI=1S/C23H21N3O2/c1-25(2)22-13-9-20(10-14-22)17-24-21-11-5-18(6-12-21)3-4-19-7-15-23(16-8-19)26(27)28/h3-17H,1-2H3/b4-3+,24-17+. The molecule has 3 aromatic rings. The van der Waals surface area contributed by atoms with Gasteiger partial charge in [0.25, 0.3) is 5.69 Å². The van der Waals surface area contributed by atoms with Gasteiger partial charge in [0.1, 0.15) is 0 Å². The minimum atomic E-state index is -0.399. The fraction of sp³-hybridized carbons (Fsp3) is 0.0870. The summed E-state index contributed by atoms with van der Waals surface area (Å²) in [7, 11) is 4.03. The van der Waals surface area contributed by atoms with E-state index in [2.05, 4.69) is 22.0 Å². The van der Waals surface area contributed by atoms with E-state index in [1.165, 1.54) is 12.1 Å². The van der Waals surface area contributed by atoms with E-state index in [9.17, 15) is 10.1 Å². The second-order valence-electron chi connectivity index (χ2n) is 6.52. The lowest BCUT2D eigenvalue weighted by molar-refractivity contribution is -0.384. The number of hydrogen-bond acceptors (Lipinski definition) is 4. The molecule has 3 rings (SSSR count). The van der Waals surface area contributed by atoms with Crippen LogP contribution < -0.4 is 4.90 Å². The Hall–Kier alpha value is -3.73. The lowest BCUT2D eigenvalue weighted by Crippen LogP contribution is -2.08. The highest BCUT2D eigenvalue weighted by Crippen LogP contribution is 2.17. The summed E-state index contributed by atoms with van der Waals surface area (Å²) in [6.07, 6.45) is 5.74. The van der Waals surface area contributed by atoms with Crippen LogP contribution in [0.3, 0.4) is 0 Å². The first-order chi connectivity index (χ1) is 13.5. The Labute approximate surface area is 164 Å². The van der Waals surface area contributed by atoms with Gasteiger partial charge in [-0.05, 0) is 53.1 Å². The number of nitro groups is 1. The molecule has 0 N–H and O–H groups in total. The van der Waals surface area contributed by atoms with E-state index in [-0.39, 0.29) is 5.69 Å². The molecule has 3 aromatic carbocycles. The molecule has 0 spiro atoms. The largest absolute Gasteiger partial charge is 0.378 e. The molecular weight excluding hydrogens is 350 g/mol. The van der Waals surface area contributed by atoms with Gasteiger partial charge >= 0.3 is 0 Å². The second kappa shape index (κ2) is 8.77.